The largest absolute Gasteiger partial charge is 0.503 e. The van der Waals surface area contributed by atoms with Gasteiger partial charge in [-0.3, -0.25) is 14.8 Å². The lowest BCUT2D eigenvalue weighted by molar-refractivity contribution is 0.131. The maximum atomic E-state index is 12.3. The molecule has 1 fully saturated rings. The summed E-state index contributed by atoms with van der Waals surface area (Å²) in [5, 5.41) is 28.7. The SMILES string of the molecule is CCNC(O)c1nn(CC2(n3cc(C)c4cccnc43)CCCC2)cc(O)c1=O. The molecule has 0 aromatic carbocycles. The topological polar surface area (TPSA) is 105 Å². The zero-order valence-electron chi connectivity index (χ0n) is 16.8. The van der Waals surface area contributed by atoms with Crippen molar-refractivity contribution in [3.05, 3.63) is 52.2 Å². The fourth-order valence-corrected chi connectivity index (χ4v) is 4.49. The zero-order valence-corrected chi connectivity index (χ0v) is 16.8. The minimum Gasteiger partial charge on any atom is -0.503 e. The van der Waals surface area contributed by atoms with Gasteiger partial charge in [-0.2, -0.15) is 5.10 Å². The summed E-state index contributed by atoms with van der Waals surface area (Å²) in [5.74, 6) is -0.410. The molecule has 3 heterocycles. The van der Waals surface area contributed by atoms with Gasteiger partial charge in [0.05, 0.1) is 18.3 Å². The van der Waals surface area contributed by atoms with E-state index in [4.69, 9.17) is 0 Å². The Morgan fingerprint density at radius 1 is 1.31 bits per heavy atom. The van der Waals surface area contributed by atoms with Crippen LogP contribution in [0.4, 0.5) is 0 Å². The number of rotatable bonds is 6. The monoisotopic (exact) mass is 397 g/mol. The van der Waals surface area contributed by atoms with Gasteiger partial charge >= 0.3 is 0 Å². The summed E-state index contributed by atoms with van der Waals surface area (Å²) in [6.07, 6.45) is 8.15. The molecule has 0 saturated heterocycles. The van der Waals surface area contributed by atoms with Crippen molar-refractivity contribution in [3.8, 4) is 5.75 Å². The van der Waals surface area contributed by atoms with E-state index >= 15 is 0 Å². The van der Waals surface area contributed by atoms with Crippen LogP contribution in [-0.2, 0) is 12.1 Å². The number of fused-ring (bicyclic) bond motifs is 1. The van der Waals surface area contributed by atoms with Crippen LogP contribution < -0.4 is 10.7 Å². The van der Waals surface area contributed by atoms with E-state index in [-0.39, 0.29) is 11.2 Å². The molecule has 3 aromatic rings. The Hall–Kier alpha value is -2.71. The smallest absolute Gasteiger partial charge is 0.248 e. The van der Waals surface area contributed by atoms with Gasteiger partial charge in [0, 0.05) is 17.8 Å². The number of aliphatic hydroxyl groups is 1. The number of nitrogens with zero attached hydrogens (tertiary/aromatic N) is 4. The number of aliphatic hydroxyl groups excluding tert-OH is 1. The summed E-state index contributed by atoms with van der Waals surface area (Å²) >= 11 is 0. The van der Waals surface area contributed by atoms with Crippen LogP contribution in [0.25, 0.3) is 11.0 Å². The van der Waals surface area contributed by atoms with E-state index < -0.39 is 17.4 Å². The third-order valence-corrected chi connectivity index (χ3v) is 5.89. The van der Waals surface area contributed by atoms with Crippen LogP contribution in [0.1, 0.15) is 50.1 Å². The number of aromatic hydroxyl groups is 1. The van der Waals surface area contributed by atoms with Crippen molar-refractivity contribution in [1.82, 2.24) is 24.6 Å². The molecule has 0 bridgehead atoms. The minimum absolute atomic E-state index is 0.0910. The molecule has 154 valence electrons. The van der Waals surface area contributed by atoms with Gasteiger partial charge in [0.15, 0.2) is 17.7 Å². The number of pyridine rings is 1. The molecule has 3 N–H and O–H groups in total. The summed E-state index contributed by atoms with van der Waals surface area (Å²) in [4.78, 5) is 16.9. The fourth-order valence-electron chi connectivity index (χ4n) is 4.49. The molecule has 1 unspecified atom stereocenters. The number of nitrogens with one attached hydrogen (secondary N) is 1. The van der Waals surface area contributed by atoms with Gasteiger partial charge in [-0.25, -0.2) is 4.98 Å². The quantitative estimate of drug-likeness (QED) is 0.551. The standard InChI is InChI=1S/C21H27N5O3/c1-3-22-20(29)17-18(28)16(27)12-25(24-17)13-21(8-4-5-9-21)26-11-14(2)15-7-6-10-23-19(15)26/h6-7,10-12,20,22,27,29H,3-5,8-9,13H2,1-2H3. The molecule has 1 atom stereocenters. The molecular weight excluding hydrogens is 370 g/mol. The third-order valence-electron chi connectivity index (χ3n) is 5.89. The van der Waals surface area contributed by atoms with Gasteiger partial charge in [0.1, 0.15) is 5.65 Å². The summed E-state index contributed by atoms with van der Waals surface area (Å²) in [5.41, 5.74) is 1.10. The van der Waals surface area contributed by atoms with Crippen molar-refractivity contribution in [1.29, 1.82) is 0 Å². The Kier molecular flexibility index (Phi) is 5.14. The summed E-state index contributed by atoms with van der Waals surface area (Å²) < 4.78 is 3.82. The molecule has 3 aromatic heterocycles. The number of hydrogen-bond acceptors (Lipinski definition) is 6. The average molecular weight is 397 g/mol. The van der Waals surface area contributed by atoms with Gasteiger partial charge in [0.2, 0.25) is 5.43 Å². The first kappa shape index (κ1) is 19.6. The first-order valence-corrected chi connectivity index (χ1v) is 10.1. The molecule has 0 amide bonds. The van der Waals surface area contributed by atoms with Crippen LogP contribution in [0.3, 0.4) is 0 Å². The van der Waals surface area contributed by atoms with Gasteiger partial charge < -0.3 is 14.8 Å². The van der Waals surface area contributed by atoms with Gasteiger partial charge in [0.25, 0.3) is 0 Å². The highest BCUT2D eigenvalue weighted by Gasteiger charge is 2.38. The van der Waals surface area contributed by atoms with E-state index in [0.717, 1.165) is 36.7 Å². The van der Waals surface area contributed by atoms with E-state index in [1.165, 1.54) is 11.8 Å². The van der Waals surface area contributed by atoms with E-state index in [0.29, 0.717) is 13.1 Å². The van der Waals surface area contributed by atoms with Crippen molar-refractivity contribution in [2.45, 2.75) is 57.8 Å². The van der Waals surface area contributed by atoms with E-state index in [2.05, 4.69) is 39.2 Å². The maximum Gasteiger partial charge on any atom is 0.248 e. The van der Waals surface area contributed by atoms with Crippen molar-refractivity contribution >= 4 is 11.0 Å². The molecule has 8 heteroatoms. The number of aryl methyl sites for hydroxylation is 1. The first-order chi connectivity index (χ1) is 13.9. The van der Waals surface area contributed by atoms with Crippen LogP contribution in [0, 0.1) is 6.92 Å². The molecule has 1 saturated carbocycles. The van der Waals surface area contributed by atoms with E-state index in [1.54, 1.807) is 10.9 Å². The molecule has 0 spiro atoms. The Morgan fingerprint density at radius 3 is 2.79 bits per heavy atom. The minimum atomic E-state index is -1.22. The molecule has 4 rings (SSSR count). The van der Waals surface area contributed by atoms with Gasteiger partial charge in [-0.05, 0) is 44.0 Å². The first-order valence-electron chi connectivity index (χ1n) is 10.1. The predicted molar refractivity (Wildman–Crippen MR) is 110 cm³/mol. The van der Waals surface area contributed by atoms with E-state index in [1.807, 2.05) is 13.0 Å². The molecule has 1 aliphatic carbocycles. The van der Waals surface area contributed by atoms with Crippen LogP contribution in [0.15, 0.2) is 35.5 Å². The number of aromatic nitrogens is 4. The highest BCUT2D eigenvalue weighted by Crippen LogP contribution is 2.40. The van der Waals surface area contributed by atoms with Crippen molar-refractivity contribution in [2.75, 3.05) is 6.54 Å². The normalized spacial score (nSPS) is 17.1. The second kappa shape index (κ2) is 7.61. The Morgan fingerprint density at radius 2 is 2.07 bits per heavy atom. The second-order valence-electron chi connectivity index (χ2n) is 7.87. The van der Waals surface area contributed by atoms with Crippen LogP contribution in [-0.4, -0.2) is 36.1 Å². The fraction of sp³-hybridized carbons (Fsp3) is 0.476. The van der Waals surface area contributed by atoms with Crippen molar-refractivity contribution in [3.63, 3.8) is 0 Å². The van der Waals surface area contributed by atoms with Crippen LogP contribution >= 0.6 is 0 Å². The van der Waals surface area contributed by atoms with Gasteiger partial charge in [-0.1, -0.05) is 19.8 Å². The highest BCUT2D eigenvalue weighted by molar-refractivity contribution is 5.80. The molecular formula is C21H27N5O3. The third kappa shape index (κ3) is 3.42. The molecule has 0 radical (unpaired) electrons. The van der Waals surface area contributed by atoms with Crippen LogP contribution in [0.5, 0.6) is 5.75 Å². The Bertz CT molecular complexity index is 1080. The van der Waals surface area contributed by atoms with E-state index in [9.17, 15) is 15.0 Å². The Labute approximate surface area is 168 Å². The lowest BCUT2D eigenvalue weighted by atomic mass is 9.97. The average Bonchev–Trinajstić information content (AvgIpc) is 3.30. The molecule has 29 heavy (non-hydrogen) atoms. The summed E-state index contributed by atoms with van der Waals surface area (Å²) in [6.45, 7) is 4.86. The summed E-state index contributed by atoms with van der Waals surface area (Å²) in [6, 6.07) is 4.02. The molecule has 0 aliphatic heterocycles. The summed E-state index contributed by atoms with van der Waals surface area (Å²) in [7, 11) is 0. The lowest BCUT2D eigenvalue weighted by Gasteiger charge is -2.32. The maximum absolute atomic E-state index is 12.3. The second-order valence-corrected chi connectivity index (χ2v) is 7.87. The van der Waals surface area contributed by atoms with Gasteiger partial charge in [-0.15, -0.1) is 0 Å². The Balaban J connectivity index is 1.79. The van der Waals surface area contributed by atoms with Crippen molar-refractivity contribution in [2.24, 2.45) is 0 Å². The molecule has 1 aliphatic rings. The van der Waals surface area contributed by atoms with Crippen LogP contribution in [0.2, 0.25) is 0 Å². The lowest BCUT2D eigenvalue weighted by Crippen LogP contribution is -2.37. The number of hydrogen-bond donors (Lipinski definition) is 3. The predicted octanol–water partition coefficient (Wildman–Crippen LogP) is 2.18. The zero-order chi connectivity index (χ0) is 20.6. The highest BCUT2D eigenvalue weighted by atomic mass is 16.3. The molecule has 8 nitrogen and oxygen atoms in total. The van der Waals surface area contributed by atoms with Crippen molar-refractivity contribution < 1.29 is 10.2 Å².